The van der Waals surface area contributed by atoms with Crippen LogP contribution >= 0.6 is 0 Å². The third-order valence-corrected chi connectivity index (χ3v) is 4.96. The molecule has 0 atom stereocenters. The van der Waals surface area contributed by atoms with Crippen LogP contribution in [0.3, 0.4) is 0 Å². The smallest absolute Gasteiger partial charge is 0.214 e. The maximum absolute atomic E-state index is 12.5. The number of rotatable bonds is 2. The van der Waals surface area contributed by atoms with E-state index >= 15 is 0 Å². The van der Waals surface area contributed by atoms with Crippen molar-refractivity contribution in [1.29, 1.82) is 5.53 Å². The predicted octanol–water partition coefficient (Wildman–Crippen LogP) is 4.52. The lowest BCUT2D eigenvalue weighted by Gasteiger charge is -2.22. The SMILES string of the molecule is N=[N+]=NC1CCC(c2cc(=O)c3ccc4ccccc4c3o2)CC1. The lowest BCUT2D eigenvalue weighted by Crippen LogP contribution is -2.17. The van der Waals surface area contributed by atoms with E-state index in [1.165, 1.54) is 0 Å². The molecule has 5 nitrogen and oxygen atoms in total. The molecule has 1 saturated carbocycles. The summed E-state index contributed by atoms with van der Waals surface area (Å²) in [5.74, 6) is 1.00. The van der Waals surface area contributed by atoms with Gasteiger partial charge < -0.3 is 4.42 Å². The lowest BCUT2D eigenvalue weighted by molar-refractivity contribution is 0.345. The van der Waals surface area contributed by atoms with E-state index in [0.29, 0.717) is 11.0 Å². The van der Waals surface area contributed by atoms with E-state index in [9.17, 15) is 4.79 Å². The molecule has 0 amide bonds. The molecule has 1 fully saturated rings. The van der Waals surface area contributed by atoms with Crippen molar-refractivity contribution in [1.82, 2.24) is 4.91 Å². The van der Waals surface area contributed by atoms with E-state index in [1.807, 2.05) is 36.4 Å². The van der Waals surface area contributed by atoms with Crippen molar-refractivity contribution < 1.29 is 4.42 Å². The van der Waals surface area contributed by atoms with Crippen molar-refractivity contribution in [2.24, 2.45) is 5.11 Å². The average Bonchev–Trinajstić information content (AvgIpc) is 2.62. The molecule has 0 aliphatic heterocycles. The van der Waals surface area contributed by atoms with Crippen LogP contribution in [-0.4, -0.2) is 6.04 Å². The van der Waals surface area contributed by atoms with Gasteiger partial charge >= 0.3 is 0 Å². The van der Waals surface area contributed by atoms with Gasteiger partial charge in [0.1, 0.15) is 28.0 Å². The third kappa shape index (κ3) is 2.53. The highest BCUT2D eigenvalue weighted by Gasteiger charge is 2.27. The molecular weight excluding hydrogens is 302 g/mol. The quantitative estimate of drug-likeness (QED) is 0.428. The molecule has 0 unspecified atom stereocenters. The Kier molecular flexibility index (Phi) is 3.71. The minimum Gasteiger partial charge on any atom is -0.460 e. The third-order valence-electron chi connectivity index (χ3n) is 4.96. The van der Waals surface area contributed by atoms with E-state index in [-0.39, 0.29) is 17.4 Å². The molecule has 1 aliphatic carbocycles. The molecule has 1 aliphatic rings. The predicted molar refractivity (Wildman–Crippen MR) is 92.3 cm³/mol. The van der Waals surface area contributed by atoms with Crippen LogP contribution in [-0.2, 0) is 0 Å². The van der Waals surface area contributed by atoms with Crippen LogP contribution < -0.4 is 10.3 Å². The Hall–Kier alpha value is -2.78. The minimum absolute atomic E-state index is 0.0185. The largest absolute Gasteiger partial charge is 0.460 e. The highest BCUT2D eigenvalue weighted by Crippen LogP contribution is 2.35. The summed E-state index contributed by atoms with van der Waals surface area (Å²) in [5, 5.41) is 6.60. The van der Waals surface area contributed by atoms with Crippen LogP contribution in [0.2, 0.25) is 0 Å². The van der Waals surface area contributed by atoms with Crippen molar-refractivity contribution in [3.05, 3.63) is 58.4 Å². The zero-order valence-electron chi connectivity index (χ0n) is 13.2. The van der Waals surface area contributed by atoms with E-state index in [1.54, 1.807) is 6.07 Å². The van der Waals surface area contributed by atoms with Gasteiger partial charge in [-0.25, -0.2) is 0 Å². The Bertz CT molecular complexity index is 1010. The minimum atomic E-state index is 0.0185. The molecule has 1 heterocycles. The Labute approximate surface area is 138 Å². The molecule has 1 aromatic heterocycles. The van der Waals surface area contributed by atoms with Crippen LogP contribution in [0.25, 0.3) is 21.7 Å². The van der Waals surface area contributed by atoms with Crippen molar-refractivity contribution in [3.63, 3.8) is 0 Å². The van der Waals surface area contributed by atoms with Gasteiger partial charge in [-0.3, -0.25) is 4.79 Å². The number of hydrogen-bond donors (Lipinski definition) is 1. The fraction of sp³-hybridized carbons (Fsp3) is 0.316. The van der Waals surface area contributed by atoms with Gasteiger partial charge in [0.25, 0.3) is 0 Å². The van der Waals surface area contributed by atoms with Crippen molar-refractivity contribution in [3.8, 4) is 0 Å². The highest BCUT2D eigenvalue weighted by atomic mass is 16.3. The lowest BCUT2D eigenvalue weighted by atomic mass is 9.84. The Balaban J connectivity index is 1.78. The summed E-state index contributed by atoms with van der Waals surface area (Å²) in [5.41, 5.74) is 7.55. The molecule has 0 bridgehead atoms. The first-order valence-corrected chi connectivity index (χ1v) is 8.28. The van der Waals surface area contributed by atoms with E-state index in [4.69, 9.17) is 9.95 Å². The zero-order valence-corrected chi connectivity index (χ0v) is 13.2. The van der Waals surface area contributed by atoms with Gasteiger partial charge in [-0.15, -0.1) is 0 Å². The van der Waals surface area contributed by atoms with Crippen LogP contribution in [0, 0.1) is 5.53 Å². The summed E-state index contributed by atoms with van der Waals surface area (Å²) in [6, 6.07) is 13.6. The maximum Gasteiger partial charge on any atom is 0.214 e. The molecule has 0 spiro atoms. The molecule has 5 heteroatoms. The number of nitrogens with one attached hydrogen (secondary N) is 1. The summed E-state index contributed by atoms with van der Waals surface area (Å²) >= 11 is 0. The van der Waals surface area contributed by atoms with Gasteiger partial charge in [0.15, 0.2) is 5.43 Å². The molecule has 4 rings (SSSR count). The van der Waals surface area contributed by atoms with Gasteiger partial charge in [-0.05, 0) is 37.1 Å². The fourth-order valence-corrected chi connectivity index (χ4v) is 3.66. The Morgan fingerprint density at radius 3 is 2.62 bits per heavy atom. The second kappa shape index (κ2) is 6.02. The molecule has 120 valence electrons. The van der Waals surface area contributed by atoms with Gasteiger partial charge in [0.2, 0.25) is 4.91 Å². The molecule has 3 aromatic rings. The van der Waals surface area contributed by atoms with E-state index < -0.39 is 0 Å². The normalized spacial score (nSPS) is 20.8. The standard InChI is InChI=1S/C19H18N3O2/c20-22-21-14-8-5-13(6-9-14)18-11-17(23)16-10-7-12-3-1-2-4-15(12)19(16)24-18/h1-4,7,10-11,13-14,20H,5-6,8-9H2/q+1. The second-order valence-corrected chi connectivity index (χ2v) is 6.40. The summed E-state index contributed by atoms with van der Waals surface area (Å²) in [4.78, 5) is 15.7. The van der Waals surface area contributed by atoms with Gasteiger partial charge in [-0.2, -0.15) is 0 Å². The van der Waals surface area contributed by atoms with Crippen molar-refractivity contribution in [2.75, 3.05) is 0 Å². The molecule has 0 saturated heterocycles. The summed E-state index contributed by atoms with van der Waals surface area (Å²) in [7, 11) is 0. The first kappa shape index (κ1) is 14.8. The maximum atomic E-state index is 12.5. The average molecular weight is 320 g/mol. The van der Waals surface area contributed by atoms with Gasteiger partial charge in [0, 0.05) is 17.4 Å². The van der Waals surface area contributed by atoms with Crippen LogP contribution in [0.4, 0.5) is 0 Å². The Morgan fingerprint density at radius 1 is 1.04 bits per heavy atom. The van der Waals surface area contributed by atoms with Crippen LogP contribution in [0.5, 0.6) is 0 Å². The molecule has 2 aromatic carbocycles. The van der Waals surface area contributed by atoms with Crippen molar-refractivity contribution in [2.45, 2.75) is 37.6 Å². The fourth-order valence-electron chi connectivity index (χ4n) is 3.66. The zero-order chi connectivity index (χ0) is 16.5. The first-order valence-electron chi connectivity index (χ1n) is 8.28. The van der Waals surface area contributed by atoms with Crippen molar-refractivity contribution >= 4 is 21.7 Å². The molecule has 1 N–H and O–H groups in total. The number of nitrogens with zero attached hydrogens (tertiary/aromatic N) is 2. The number of fused-ring (bicyclic) bond motifs is 3. The number of hydrogen-bond acceptors (Lipinski definition) is 4. The first-order chi connectivity index (χ1) is 11.8. The Morgan fingerprint density at radius 2 is 1.83 bits per heavy atom. The van der Waals surface area contributed by atoms with Gasteiger partial charge in [-0.1, -0.05) is 30.3 Å². The van der Waals surface area contributed by atoms with Crippen LogP contribution in [0.15, 0.2) is 56.8 Å². The topological polar surface area (TPSA) is 80.5 Å². The summed E-state index contributed by atoms with van der Waals surface area (Å²) in [6.07, 6.45) is 3.57. The summed E-state index contributed by atoms with van der Waals surface area (Å²) in [6.45, 7) is 0. The number of benzene rings is 2. The molecular formula is C19H18N3O2+. The monoisotopic (exact) mass is 320 g/mol. The van der Waals surface area contributed by atoms with E-state index in [0.717, 1.165) is 42.2 Å². The van der Waals surface area contributed by atoms with Crippen LogP contribution in [0.1, 0.15) is 37.4 Å². The second-order valence-electron chi connectivity index (χ2n) is 6.40. The van der Waals surface area contributed by atoms with E-state index in [2.05, 4.69) is 10.0 Å². The highest BCUT2D eigenvalue weighted by molar-refractivity contribution is 6.03. The molecule has 24 heavy (non-hydrogen) atoms. The molecule has 0 radical (unpaired) electrons. The summed E-state index contributed by atoms with van der Waals surface area (Å²) < 4.78 is 6.20. The van der Waals surface area contributed by atoms with Gasteiger partial charge in [0.05, 0.1) is 5.39 Å².